The third-order valence-electron chi connectivity index (χ3n) is 3.97. The molecule has 2 N–H and O–H groups in total. The van der Waals surface area contributed by atoms with Crippen molar-refractivity contribution in [1.82, 2.24) is 15.2 Å². The second-order valence-electron chi connectivity index (χ2n) is 5.71. The third-order valence-corrected chi connectivity index (χ3v) is 4.22. The number of rotatable bonds is 5. The van der Waals surface area contributed by atoms with Crippen LogP contribution in [0.3, 0.4) is 0 Å². The zero-order valence-electron chi connectivity index (χ0n) is 13.6. The minimum Gasteiger partial charge on any atom is -0.379 e. The van der Waals surface area contributed by atoms with Gasteiger partial charge in [-0.15, -0.1) is 0 Å². The Kier molecular flexibility index (Phi) is 6.12. The topological polar surface area (TPSA) is 49.4 Å². The fourth-order valence-electron chi connectivity index (χ4n) is 2.67. The monoisotopic (exact) mass is 342 g/mol. The summed E-state index contributed by atoms with van der Waals surface area (Å²) in [5.74, 6) is 0. The van der Waals surface area contributed by atoms with E-state index in [0.717, 1.165) is 38.5 Å². The molecule has 1 saturated heterocycles. The lowest BCUT2D eigenvalue weighted by molar-refractivity contribution is 0.0341. The quantitative estimate of drug-likeness (QED) is 0.814. The number of thiocarbonyl (C=S) groups is 1. The normalized spacial score (nSPS) is 15.0. The third kappa shape index (κ3) is 4.99. The summed E-state index contributed by atoms with van der Waals surface area (Å²) in [6, 6.07) is 12.3. The highest BCUT2D eigenvalue weighted by atomic mass is 32.1. The molecule has 1 aromatic carbocycles. The largest absolute Gasteiger partial charge is 0.379 e. The number of anilines is 1. The summed E-state index contributed by atoms with van der Waals surface area (Å²) in [6.07, 6.45) is 3.49. The maximum Gasteiger partial charge on any atom is 0.171 e. The van der Waals surface area contributed by atoms with E-state index in [1.807, 2.05) is 12.1 Å². The molecule has 0 radical (unpaired) electrons. The second kappa shape index (κ2) is 8.73. The number of ether oxygens (including phenoxy) is 1. The van der Waals surface area contributed by atoms with Gasteiger partial charge in [-0.25, -0.2) is 0 Å². The molecule has 126 valence electrons. The fourth-order valence-corrected chi connectivity index (χ4v) is 2.86. The van der Waals surface area contributed by atoms with Crippen molar-refractivity contribution in [3.63, 3.8) is 0 Å². The molecular weight excluding hydrogens is 320 g/mol. The molecule has 1 aliphatic rings. The van der Waals surface area contributed by atoms with Gasteiger partial charge in [0.1, 0.15) is 0 Å². The molecule has 2 heterocycles. The van der Waals surface area contributed by atoms with Crippen molar-refractivity contribution in [2.75, 3.05) is 31.6 Å². The first kappa shape index (κ1) is 16.8. The highest BCUT2D eigenvalue weighted by molar-refractivity contribution is 7.80. The van der Waals surface area contributed by atoms with Crippen LogP contribution in [-0.4, -0.2) is 41.3 Å². The maximum absolute atomic E-state index is 5.42. The summed E-state index contributed by atoms with van der Waals surface area (Å²) >= 11 is 5.36. The molecule has 6 heteroatoms. The molecule has 1 aliphatic heterocycles. The first-order valence-electron chi connectivity index (χ1n) is 8.13. The van der Waals surface area contributed by atoms with Crippen LogP contribution in [0.1, 0.15) is 11.1 Å². The molecule has 0 spiro atoms. The van der Waals surface area contributed by atoms with Crippen molar-refractivity contribution in [2.24, 2.45) is 0 Å². The molecule has 5 nitrogen and oxygen atoms in total. The van der Waals surface area contributed by atoms with E-state index in [-0.39, 0.29) is 0 Å². The van der Waals surface area contributed by atoms with Gasteiger partial charge in [0.15, 0.2) is 5.11 Å². The number of hydrogen-bond donors (Lipinski definition) is 2. The predicted octanol–water partition coefficient (Wildman–Crippen LogP) is 2.40. The molecule has 1 aromatic heterocycles. The molecule has 3 rings (SSSR count). The number of nitrogens with one attached hydrogen (secondary N) is 2. The predicted molar refractivity (Wildman–Crippen MR) is 99.8 cm³/mol. The molecule has 0 aliphatic carbocycles. The summed E-state index contributed by atoms with van der Waals surface area (Å²) in [5.41, 5.74) is 3.48. The zero-order valence-corrected chi connectivity index (χ0v) is 14.4. The Morgan fingerprint density at radius 1 is 1.12 bits per heavy atom. The first-order valence-corrected chi connectivity index (χ1v) is 8.54. The van der Waals surface area contributed by atoms with E-state index in [0.29, 0.717) is 11.7 Å². The number of nitrogens with zero attached hydrogens (tertiary/aromatic N) is 2. The van der Waals surface area contributed by atoms with Gasteiger partial charge < -0.3 is 15.4 Å². The molecule has 24 heavy (non-hydrogen) atoms. The molecular formula is C18H22N4OS. The molecule has 0 bridgehead atoms. The van der Waals surface area contributed by atoms with Crippen LogP contribution >= 0.6 is 12.2 Å². The van der Waals surface area contributed by atoms with E-state index in [1.165, 1.54) is 11.1 Å². The molecule has 1 fully saturated rings. The number of benzene rings is 1. The molecule has 0 unspecified atom stereocenters. The first-order chi connectivity index (χ1) is 11.8. The highest BCUT2D eigenvalue weighted by Crippen LogP contribution is 2.13. The SMILES string of the molecule is S=C(NCc1ccccc1CN1CCOCC1)Nc1cccnc1. The summed E-state index contributed by atoms with van der Waals surface area (Å²) in [4.78, 5) is 6.49. The zero-order chi connectivity index (χ0) is 16.6. The Bertz CT molecular complexity index is 659. The Morgan fingerprint density at radius 3 is 2.67 bits per heavy atom. The number of morpholine rings is 1. The summed E-state index contributed by atoms with van der Waals surface area (Å²) in [7, 11) is 0. The van der Waals surface area contributed by atoms with E-state index in [2.05, 4.69) is 44.8 Å². The summed E-state index contributed by atoms with van der Waals surface area (Å²) in [6.45, 7) is 5.27. The van der Waals surface area contributed by atoms with Crippen LogP contribution in [0.25, 0.3) is 0 Å². The van der Waals surface area contributed by atoms with Crippen molar-refractivity contribution in [3.05, 3.63) is 59.9 Å². The lowest BCUT2D eigenvalue weighted by Crippen LogP contribution is -2.36. The lowest BCUT2D eigenvalue weighted by atomic mass is 10.1. The summed E-state index contributed by atoms with van der Waals surface area (Å²) in [5, 5.41) is 7.02. The van der Waals surface area contributed by atoms with E-state index in [4.69, 9.17) is 17.0 Å². The van der Waals surface area contributed by atoms with E-state index >= 15 is 0 Å². The van der Waals surface area contributed by atoms with Crippen molar-refractivity contribution in [1.29, 1.82) is 0 Å². The van der Waals surface area contributed by atoms with Gasteiger partial charge in [-0.2, -0.15) is 0 Å². The van der Waals surface area contributed by atoms with Gasteiger partial charge in [0, 0.05) is 32.4 Å². The number of hydrogen-bond acceptors (Lipinski definition) is 4. The highest BCUT2D eigenvalue weighted by Gasteiger charge is 2.12. The maximum atomic E-state index is 5.42. The second-order valence-corrected chi connectivity index (χ2v) is 6.11. The van der Waals surface area contributed by atoms with E-state index in [1.54, 1.807) is 12.4 Å². The Balaban J connectivity index is 1.55. The molecule has 2 aromatic rings. The van der Waals surface area contributed by atoms with Crippen molar-refractivity contribution in [2.45, 2.75) is 13.1 Å². The minimum absolute atomic E-state index is 0.601. The van der Waals surface area contributed by atoms with Gasteiger partial charge in [0.2, 0.25) is 0 Å². The molecule has 0 atom stereocenters. The molecule has 0 saturated carbocycles. The van der Waals surface area contributed by atoms with Crippen LogP contribution in [0.2, 0.25) is 0 Å². The van der Waals surface area contributed by atoms with Crippen LogP contribution in [-0.2, 0) is 17.8 Å². The van der Waals surface area contributed by atoms with Gasteiger partial charge >= 0.3 is 0 Å². The Hall–Kier alpha value is -2.02. The Morgan fingerprint density at radius 2 is 1.92 bits per heavy atom. The average molecular weight is 342 g/mol. The van der Waals surface area contributed by atoms with Crippen LogP contribution in [0.5, 0.6) is 0 Å². The van der Waals surface area contributed by atoms with Gasteiger partial charge in [-0.1, -0.05) is 24.3 Å². The standard InChI is InChI=1S/C18H22N4OS/c24-18(21-17-6-3-7-19-13-17)20-12-15-4-1-2-5-16(15)14-22-8-10-23-11-9-22/h1-7,13H,8-12,14H2,(H2,20,21,24). The van der Waals surface area contributed by atoms with Crippen LogP contribution in [0, 0.1) is 0 Å². The van der Waals surface area contributed by atoms with Crippen molar-refractivity contribution in [3.8, 4) is 0 Å². The van der Waals surface area contributed by atoms with Crippen LogP contribution < -0.4 is 10.6 Å². The average Bonchev–Trinajstić information content (AvgIpc) is 2.63. The van der Waals surface area contributed by atoms with Gasteiger partial charge in [0.25, 0.3) is 0 Å². The van der Waals surface area contributed by atoms with Gasteiger partial charge in [0.05, 0.1) is 25.1 Å². The van der Waals surface area contributed by atoms with Crippen LogP contribution in [0.15, 0.2) is 48.8 Å². The van der Waals surface area contributed by atoms with Crippen LogP contribution in [0.4, 0.5) is 5.69 Å². The number of aromatic nitrogens is 1. The van der Waals surface area contributed by atoms with E-state index < -0.39 is 0 Å². The summed E-state index contributed by atoms with van der Waals surface area (Å²) < 4.78 is 5.42. The molecule has 0 amide bonds. The lowest BCUT2D eigenvalue weighted by Gasteiger charge is -2.27. The Labute approximate surface area is 148 Å². The number of pyridine rings is 1. The van der Waals surface area contributed by atoms with Crippen molar-refractivity contribution < 1.29 is 4.74 Å². The van der Waals surface area contributed by atoms with Gasteiger partial charge in [-0.3, -0.25) is 9.88 Å². The van der Waals surface area contributed by atoms with Gasteiger partial charge in [-0.05, 0) is 35.5 Å². The fraction of sp³-hybridized carbons (Fsp3) is 0.333. The van der Waals surface area contributed by atoms with Crippen molar-refractivity contribution >= 4 is 23.0 Å². The minimum atomic E-state index is 0.601. The smallest absolute Gasteiger partial charge is 0.171 e. The van der Waals surface area contributed by atoms with E-state index in [9.17, 15) is 0 Å².